The van der Waals surface area contributed by atoms with Crippen molar-refractivity contribution >= 4 is 27.6 Å². The summed E-state index contributed by atoms with van der Waals surface area (Å²) in [4.78, 5) is 18.9. The molecule has 1 aromatic rings. The second-order valence-electron chi connectivity index (χ2n) is 7.05. The lowest BCUT2D eigenvalue weighted by molar-refractivity contribution is -0.153. The number of aryl methyl sites for hydroxylation is 2. The fourth-order valence-electron chi connectivity index (χ4n) is 3.41. The summed E-state index contributed by atoms with van der Waals surface area (Å²) in [5, 5.41) is 10.6. The van der Waals surface area contributed by atoms with E-state index in [1.54, 1.807) is 13.0 Å². The summed E-state index contributed by atoms with van der Waals surface area (Å²) in [6.45, 7) is 13.5. The average molecular weight is 441 g/mol. The fourth-order valence-corrected chi connectivity index (χ4v) is 3.96. The van der Waals surface area contributed by atoms with Gasteiger partial charge in [-0.25, -0.2) is 4.79 Å². The van der Waals surface area contributed by atoms with Gasteiger partial charge in [-0.05, 0) is 56.5 Å². The Balaban J connectivity index is 2.36. The maximum atomic E-state index is 12.2. The molecule has 150 valence electrons. The van der Waals surface area contributed by atoms with Crippen molar-refractivity contribution in [3.05, 3.63) is 34.1 Å². The molecule has 0 aromatic carbocycles. The van der Waals surface area contributed by atoms with Gasteiger partial charge in [-0.1, -0.05) is 6.08 Å². The number of carbonyl (C=O) groups is 1. The van der Waals surface area contributed by atoms with Gasteiger partial charge in [-0.3, -0.25) is 4.98 Å². The van der Waals surface area contributed by atoms with Crippen LogP contribution in [0.1, 0.15) is 49.7 Å². The van der Waals surface area contributed by atoms with Crippen LogP contribution in [0.4, 0.5) is 5.69 Å². The second-order valence-corrected chi connectivity index (χ2v) is 7.84. The molecule has 2 heterocycles. The van der Waals surface area contributed by atoms with Crippen LogP contribution < -0.4 is 4.90 Å². The third-order valence-electron chi connectivity index (χ3n) is 4.98. The van der Waals surface area contributed by atoms with Crippen molar-refractivity contribution in [2.45, 2.75) is 52.2 Å². The van der Waals surface area contributed by atoms with E-state index in [1.165, 1.54) is 0 Å². The number of carbonyl (C=O) groups excluding carboxylic acids is 1. The van der Waals surface area contributed by atoms with Crippen LogP contribution in [0.3, 0.4) is 0 Å². The molecule has 1 N–H and O–H groups in total. The maximum Gasteiger partial charge on any atom is 0.339 e. The van der Waals surface area contributed by atoms with E-state index in [9.17, 15) is 9.90 Å². The molecule has 0 amide bonds. The molecule has 1 saturated heterocycles. The van der Waals surface area contributed by atoms with E-state index in [0.717, 1.165) is 41.8 Å². The first-order chi connectivity index (χ1) is 12.7. The number of pyridine rings is 1. The molecular weight excluding hydrogens is 412 g/mol. The first-order valence-electron chi connectivity index (χ1n) is 9.25. The normalized spacial score (nSPS) is 17.5. The third-order valence-corrected chi connectivity index (χ3v) is 5.93. The first kappa shape index (κ1) is 21.9. The van der Waals surface area contributed by atoms with Crippen molar-refractivity contribution in [3.8, 4) is 0 Å². The predicted molar refractivity (Wildman–Crippen MR) is 109 cm³/mol. The summed E-state index contributed by atoms with van der Waals surface area (Å²) in [5.74, 6) is -0.657. The molecule has 1 aliphatic rings. The number of anilines is 1. The molecule has 1 unspecified atom stereocenters. The molecule has 2 rings (SSSR count). The van der Waals surface area contributed by atoms with Crippen LogP contribution in [-0.2, 0) is 14.3 Å². The van der Waals surface area contributed by atoms with Crippen molar-refractivity contribution in [1.29, 1.82) is 0 Å². The number of esters is 1. The van der Waals surface area contributed by atoms with Crippen molar-refractivity contribution in [2.75, 3.05) is 31.2 Å². The molecule has 1 aliphatic heterocycles. The number of aliphatic hydroxyl groups is 1. The molecule has 6 nitrogen and oxygen atoms in total. The van der Waals surface area contributed by atoms with Gasteiger partial charge in [0.15, 0.2) is 6.10 Å². The SMILES string of the molecule is C=CCOC1(C)CCN(c2c(Br)c(C)nc(C)c2C(O)C(=O)OCC)CC1. The number of aliphatic hydroxyl groups excluding tert-OH is 1. The maximum absolute atomic E-state index is 12.2. The standard InChI is InChI=1S/C20H29BrN2O4/c1-6-12-27-20(5)8-10-23(11-9-20)17-15(18(24)19(25)26-7-2)13(3)22-14(4)16(17)21/h6,18,24H,1,7-12H2,2-5H3. The van der Waals surface area contributed by atoms with E-state index < -0.39 is 12.1 Å². The minimum Gasteiger partial charge on any atom is -0.464 e. The monoisotopic (exact) mass is 440 g/mol. The molecule has 0 radical (unpaired) electrons. The molecule has 1 aromatic heterocycles. The van der Waals surface area contributed by atoms with Crippen molar-refractivity contribution < 1.29 is 19.4 Å². The quantitative estimate of drug-likeness (QED) is 0.515. The van der Waals surface area contributed by atoms with Crippen LogP contribution in [0.2, 0.25) is 0 Å². The van der Waals surface area contributed by atoms with Crippen molar-refractivity contribution in [1.82, 2.24) is 4.98 Å². The highest BCUT2D eigenvalue weighted by atomic mass is 79.9. The number of piperidine rings is 1. The Bertz CT molecular complexity index is 700. The van der Waals surface area contributed by atoms with E-state index in [0.29, 0.717) is 17.9 Å². The number of nitrogens with zero attached hydrogens (tertiary/aromatic N) is 2. The lowest BCUT2D eigenvalue weighted by atomic mass is 9.92. The zero-order valence-corrected chi connectivity index (χ0v) is 18.1. The molecule has 27 heavy (non-hydrogen) atoms. The molecule has 0 spiro atoms. The number of halogens is 1. The average Bonchev–Trinajstić information content (AvgIpc) is 2.63. The molecule has 1 atom stereocenters. The number of rotatable bonds is 7. The second kappa shape index (κ2) is 9.17. The van der Waals surface area contributed by atoms with Gasteiger partial charge in [0.25, 0.3) is 0 Å². The minimum atomic E-state index is -1.37. The Morgan fingerprint density at radius 1 is 1.41 bits per heavy atom. The summed E-state index contributed by atoms with van der Waals surface area (Å²) in [6, 6.07) is 0. The van der Waals surface area contributed by atoms with Gasteiger partial charge in [-0.2, -0.15) is 0 Å². The molecule has 1 fully saturated rings. The van der Waals surface area contributed by atoms with E-state index in [1.807, 2.05) is 13.8 Å². The Kier molecular flexibility index (Phi) is 7.42. The van der Waals surface area contributed by atoms with Gasteiger partial charge in [0, 0.05) is 24.3 Å². The fraction of sp³-hybridized carbons (Fsp3) is 0.600. The molecular formula is C20H29BrN2O4. The largest absolute Gasteiger partial charge is 0.464 e. The van der Waals surface area contributed by atoms with Crippen LogP contribution >= 0.6 is 15.9 Å². The van der Waals surface area contributed by atoms with E-state index in [2.05, 4.69) is 39.3 Å². The molecule has 7 heteroatoms. The topological polar surface area (TPSA) is 71.9 Å². The Morgan fingerprint density at radius 3 is 2.59 bits per heavy atom. The van der Waals surface area contributed by atoms with Crippen LogP contribution in [0.15, 0.2) is 17.1 Å². The summed E-state index contributed by atoms with van der Waals surface area (Å²) < 4.78 is 11.8. The lowest BCUT2D eigenvalue weighted by Crippen LogP contribution is -2.45. The van der Waals surface area contributed by atoms with Crippen molar-refractivity contribution in [3.63, 3.8) is 0 Å². The van der Waals surface area contributed by atoms with Gasteiger partial charge in [-0.15, -0.1) is 6.58 Å². The molecule has 0 bridgehead atoms. The summed E-state index contributed by atoms with van der Waals surface area (Å²) in [6.07, 6.45) is 2.07. The highest BCUT2D eigenvalue weighted by Gasteiger charge is 2.35. The van der Waals surface area contributed by atoms with Gasteiger partial charge in [0.05, 0.1) is 34.7 Å². The van der Waals surface area contributed by atoms with Gasteiger partial charge in [0.1, 0.15) is 0 Å². The van der Waals surface area contributed by atoms with Gasteiger partial charge < -0.3 is 19.5 Å². The summed E-state index contributed by atoms with van der Waals surface area (Å²) in [5.41, 5.74) is 2.56. The Hall–Kier alpha value is -1.44. The highest BCUT2D eigenvalue weighted by molar-refractivity contribution is 9.10. The first-order valence-corrected chi connectivity index (χ1v) is 10.0. The Labute approximate surface area is 169 Å². The number of ether oxygens (including phenoxy) is 2. The van der Waals surface area contributed by atoms with E-state index in [4.69, 9.17) is 9.47 Å². The smallest absolute Gasteiger partial charge is 0.339 e. The van der Waals surface area contributed by atoms with E-state index in [-0.39, 0.29) is 12.2 Å². The van der Waals surface area contributed by atoms with E-state index >= 15 is 0 Å². The lowest BCUT2D eigenvalue weighted by Gasteiger charge is -2.41. The van der Waals surface area contributed by atoms with Gasteiger partial charge in [0.2, 0.25) is 0 Å². The number of hydrogen-bond donors (Lipinski definition) is 1. The van der Waals surface area contributed by atoms with Crippen LogP contribution in [0.25, 0.3) is 0 Å². The zero-order valence-electron chi connectivity index (χ0n) is 16.5. The Morgan fingerprint density at radius 2 is 2.04 bits per heavy atom. The summed E-state index contributed by atoms with van der Waals surface area (Å²) >= 11 is 3.62. The van der Waals surface area contributed by atoms with Crippen molar-refractivity contribution in [2.24, 2.45) is 0 Å². The summed E-state index contributed by atoms with van der Waals surface area (Å²) in [7, 11) is 0. The number of aromatic nitrogens is 1. The van der Waals surface area contributed by atoms with Gasteiger partial charge >= 0.3 is 5.97 Å². The molecule has 0 aliphatic carbocycles. The minimum absolute atomic E-state index is 0.200. The highest BCUT2D eigenvalue weighted by Crippen LogP contribution is 2.40. The third kappa shape index (κ3) is 4.89. The van der Waals surface area contributed by atoms with Crippen LogP contribution in [0.5, 0.6) is 0 Å². The van der Waals surface area contributed by atoms with Crippen LogP contribution in [0, 0.1) is 13.8 Å². The predicted octanol–water partition coefficient (Wildman–Crippen LogP) is 3.62. The zero-order chi connectivity index (χ0) is 20.2. The molecule has 0 saturated carbocycles. The number of hydrogen-bond acceptors (Lipinski definition) is 6. The van der Waals surface area contributed by atoms with Crippen LogP contribution in [-0.4, -0.2) is 48.0 Å².